The van der Waals surface area contributed by atoms with E-state index in [0.29, 0.717) is 5.56 Å². The molecule has 1 atom stereocenters. The predicted octanol–water partition coefficient (Wildman–Crippen LogP) is 9.20. The van der Waals surface area contributed by atoms with Crippen molar-refractivity contribution in [3.05, 3.63) is 120 Å². The Morgan fingerprint density at radius 2 is 1.76 bits per heavy atom. The molecule has 0 bridgehead atoms. The van der Waals surface area contributed by atoms with Crippen LogP contribution in [0.4, 0.5) is 5.69 Å². The van der Waals surface area contributed by atoms with Crippen LogP contribution in [0.15, 0.2) is 103 Å². The number of nitrogens with one attached hydrogen (secondary N) is 2. The van der Waals surface area contributed by atoms with Gasteiger partial charge in [-0.2, -0.15) is 5.10 Å². The average molecular weight is 668 g/mol. The van der Waals surface area contributed by atoms with E-state index < -0.39 is 0 Å². The van der Waals surface area contributed by atoms with E-state index in [-0.39, 0.29) is 18.4 Å². The fraction of sp³-hybridized carbons (Fsp3) is 0.429. The number of aryl methyl sites for hydroxylation is 2. The number of aliphatic hydroxyl groups is 1. The first-order valence-electron chi connectivity index (χ1n) is 17.9. The van der Waals surface area contributed by atoms with Crippen LogP contribution in [0.25, 0.3) is 11.1 Å². The summed E-state index contributed by atoms with van der Waals surface area (Å²) in [5.74, 6) is 0.756. The first kappa shape index (κ1) is 41.0. The third-order valence-corrected chi connectivity index (χ3v) is 8.62. The first-order valence-corrected chi connectivity index (χ1v) is 17.9. The Kier molecular flexibility index (Phi) is 18.1. The van der Waals surface area contributed by atoms with Gasteiger partial charge in [0, 0.05) is 67.1 Å². The second-order valence-corrected chi connectivity index (χ2v) is 12.3. The molecular formula is C42H61N5O2. The van der Waals surface area contributed by atoms with Crippen LogP contribution >= 0.6 is 0 Å². The van der Waals surface area contributed by atoms with Crippen LogP contribution in [-0.4, -0.2) is 57.9 Å². The molecule has 3 aromatic rings. The van der Waals surface area contributed by atoms with Gasteiger partial charge in [-0.3, -0.25) is 9.48 Å². The molecule has 0 aliphatic carbocycles. The first-order chi connectivity index (χ1) is 23.6. The summed E-state index contributed by atoms with van der Waals surface area (Å²) < 4.78 is 1.85. The van der Waals surface area contributed by atoms with Crippen molar-refractivity contribution in [3.63, 3.8) is 0 Å². The Morgan fingerprint density at radius 1 is 1.08 bits per heavy atom. The maximum Gasteiger partial charge on any atom is 0.159 e. The van der Waals surface area contributed by atoms with Gasteiger partial charge < -0.3 is 20.6 Å². The lowest BCUT2D eigenvalue weighted by Crippen LogP contribution is -2.51. The molecule has 1 fully saturated rings. The number of piperazine rings is 1. The molecule has 1 aromatic heterocycles. The van der Waals surface area contributed by atoms with Crippen molar-refractivity contribution in [1.82, 2.24) is 20.0 Å². The molecule has 7 nitrogen and oxygen atoms in total. The lowest BCUT2D eigenvalue weighted by Gasteiger charge is -2.34. The van der Waals surface area contributed by atoms with Crippen molar-refractivity contribution in [2.75, 3.05) is 31.6 Å². The van der Waals surface area contributed by atoms with Crippen LogP contribution in [0.5, 0.6) is 0 Å². The number of benzene rings is 2. The van der Waals surface area contributed by atoms with E-state index in [9.17, 15) is 9.90 Å². The monoisotopic (exact) mass is 667 g/mol. The molecule has 1 unspecified atom stereocenters. The Labute approximate surface area is 296 Å². The number of aromatic nitrogens is 2. The van der Waals surface area contributed by atoms with Crippen LogP contribution in [-0.2, 0) is 7.05 Å². The maximum atomic E-state index is 11.7. The molecule has 0 amide bonds. The summed E-state index contributed by atoms with van der Waals surface area (Å²) >= 11 is 0. The molecule has 0 radical (unpaired) electrons. The lowest BCUT2D eigenvalue weighted by molar-refractivity contribution is 0.101. The highest BCUT2D eigenvalue weighted by atomic mass is 16.3. The Bertz CT molecular complexity index is 1530. The molecule has 0 spiro atoms. The molecule has 266 valence electrons. The minimum atomic E-state index is 0.0355. The molecule has 0 saturated carbocycles. The summed E-state index contributed by atoms with van der Waals surface area (Å²) in [5.41, 5.74) is 9.12. The van der Waals surface area contributed by atoms with E-state index in [4.69, 9.17) is 0 Å². The van der Waals surface area contributed by atoms with Crippen molar-refractivity contribution in [1.29, 1.82) is 0 Å². The van der Waals surface area contributed by atoms with E-state index in [1.165, 1.54) is 42.4 Å². The summed E-state index contributed by atoms with van der Waals surface area (Å²) in [6.45, 7) is 24.9. The Morgan fingerprint density at radius 3 is 2.31 bits per heavy atom. The molecule has 1 aliphatic rings. The fourth-order valence-electron chi connectivity index (χ4n) is 5.77. The zero-order chi connectivity index (χ0) is 36.3. The van der Waals surface area contributed by atoms with E-state index >= 15 is 0 Å². The zero-order valence-corrected chi connectivity index (χ0v) is 31.4. The van der Waals surface area contributed by atoms with Gasteiger partial charge in [0.1, 0.15) is 0 Å². The molecule has 1 aliphatic heterocycles. The van der Waals surface area contributed by atoms with Gasteiger partial charge in [-0.25, -0.2) is 0 Å². The number of aliphatic hydroxyl groups excluding tert-OH is 1. The highest BCUT2D eigenvalue weighted by molar-refractivity contribution is 5.95. The molecular weight excluding hydrogens is 606 g/mol. The van der Waals surface area contributed by atoms with Gasteiger partial charge in [0.25, 0.3) is 0 Å². The number of ketones is 1. The third kappa shape index (κ3) is 13.0. The van der Waals surface area contributed by atoms with E-state index in [1.54, 1.807) is 6.92 Å². The number of hydrogen-bond acceptors (Lipinski definition) is 6. The molecule has 49 heavy (non-hydrogen) atoms. The number of hydrogen-bond donors (Lipinski definition) is 3. The smallest absolute Gasteiger partial charge is 0.159 e. The normalized spacial score (nSPS) is 14.5. The largest absolute Gasteiger partial charge is 0.395 e. The van der Waals surface area contributed by atoms with Gasteiger partial charge in [-0.1, -0.05) is 102 Å². The Balaban J connectivity index is 0.000000345. The van der Waals surface area contributed by atoms with Crippen LogP contribution in [0.1, 0.15) is 94.6 Å². The predicted molar refractivity (Wildman–Crippen MR) is 209 cm³/mol. The topological polar surface area (TPSA) is 82.4 Å². The highest BCUT2D eigenvalue weighted by Crippen LogP contribution is 2.28. The number of carbonyl (C=O) groups is 1. The minimum absolute atomic E-state index is 0.0355. The second-order valence-electron chi connectivity index (χ2n) is 12.3. The van der Waals surface area contributed by atoms with E-state index in [1.807, 2.05) is 82.0 Å². The summed E-state index contributed by atoms with van der Waals surface area (Å²) in [6.07, 6.45) is 15.0. The molecule has 3 N–H and O–H groups in total. The van der Waals surface area contributed by atoms with Crippen molar-refractivity contribution >= 4 is 11.5 Å². The van der Waals surface area contributed by atoms with Gasteiger partial charge in [0.2, 0.25) is 0 Å². The van der Waals surface area contributed by atoms with Gasteiger partial charge >= 0.3 is 0 Å². The van der Waals surface area contributed by atoms with Crippen molar-refractivity contribution in [2.24, 2.45) is 7.05 Å². The van der Waals surface area contributed by atoms with Crippen LogP contribution < -0.4 is 10.6 Å². The highest BCUT2D eigenvalue weighted by Gasteiger charge is 2.18. The number of anilines is 1. The van der Waals surface area contributed by atoms with Crippen LogP contribution in [0.3, 0.4) is 0 Å². The van der Waals surface area contributed by atoms with Crippen LogP contribution in [0.2, 0.25) is 0 Å². The van der Waals surface area contributed by atoms with E-state index in [2.05, 4.69) is 78.1 Å². The zero-order valence-electron chi connectivity index (χ0n) is 31.4. The maximum absolute atomic E-state index is 11.7. The third-order valence-electron chi connectivity index (χ3n) is 8.62. The van der Waals surface area contributed by atoms with Crippen molar-refractivity contribution < 1.29 is 9.90 Å². The van der Waals surface area contributed by atoms with E-state index in [0.717, 1.165) is 53.8 Å². The minimum Gasteiger partial charge on any atom is -0.395 e. The SMILES string of the molecule is C=C(Nc1cc(C(C)=O)ccc1C)C(/C=C\C(=C)N1CCNC(CO)C1)=C/C.CC.CCCC(CCC)c1ccc(-c2cnn(C)c2)cc1. The number of allylic oxidation sites excluding steroid dienone is 3. The number of carbonyl (C=O) groups excluding carboxylic acids is 1. The molecule has 7 heteroatoms. The molecule has 2 heterocycles. The number of rotatable bonds is 14. The molecule has 2 aromatic carbocycles. The lowest BCUT2D eigenvalue weighted by atomic mass is 9.89. The van der Waals surface area contributed by atoms with Gasteiger partial charge in [-0.05, 0) is 73.9 Å². The number of Topliss-reactive ketones (excluding diaryl/α,β-unsaturated/α-hetero) is 1. The van der Waals surface area contributed by atoms with Crippen molar-refractivity contribution in [3.8, 4) is 11.1 Å². The van der Waals surface area contributed by atoms with Crippen molar-refractivity contribution in [2.45, 2.75) is 86.1 Å². The summed E-state index contributed by atoms with van der Waals surface area (Å²) in [7, 11) is 1.95. The fourth-order valence-corrected chi connectivity index (χ4v) is 5.77. The second kappa shape index (κ2) is 21.7. The summed E-state index contributed by atoms with van der Waals surface area (Å²) in [4.78, 5) is 13.8. The average Bonchev–Trinajstić information content (AvgIpc) is 3.56. The molecule has 1 saturated heterocycles. The molecule has 4 rings (SSSR count). The quantitative estimate of drug-likeness (QED) is 0.118. The van der Waals surface area contributed by atoms with Gasteiger partial charge in [-0.15, -0.1) is 0 Å². The number of nitrogens with zero attached hydrogens (tertiary/aromatic N) is 3. The Hall–Kier alpha value is -4.20. The van der Waals surface area contributed by atoms with Gasteiger partial charge in [0.05, 0.1) is 12.8 Å². The summed E-state index contributed by atoms with van der Waals surface area (Å²) in [6, 6.07) is 14.7. The van der Waals surface area contributed by atoms with Gasteiger partial charge in [0.15, 0.2) is 5.78 Å². The van der Waals surface area contributed by atoms with Crippen LogP contribution in [0, 0.1) is 6.92 Å². The standard InChI is InChI=1S/C23H31N3O2.C17H24N2.C2H6/c1-6-20(10-8-17(3)26-12-11-24-22(14-26)15-27)18(4)25-23-13-21(19(5)28)9-7-16(23)2;1-4-6-14(7-5-2)15-8-10-16(11-9-15)17-12-18-19(3)13-17;1-2/h6-10,13,22,24-25,27H,3-4,11-12,14-15H2,1-2,5H3;8-14H,4-7H2,1-3H3;1-2H3/b10-8-,20-6+;;. The summed E-state index contributed by atoms with van der Waals surface area (Å²) in [5, 5.41) is 20.2.